The van der Waals surface area contributed by atoms with Gasteiger partial charge in [0.15, 0.2) is 0 Å². The molecule has 0 aliphatic rings. The molecule has 444 valence electrons. The van der Waals surface area contributed by atoms with E-state index in [1.54, 1.807) is 0 Å². The predicted molar refractivity (Wildman–Crippen MR) is 282 cm³/mol. The van der Waals surface area contributed by atoms with Crippen LogP contribution in [0.2, 0.25) is 0 Å². The number of aliphatic hydroxyl groups excluding tert-OH is 1. The minimum Gasteiger partial charge on any atom is -0.491 e. The van der Waals surface area contributed by atoms with Crippen LogP contribution in [0.3, 0.4) is 0 Å². The lowest BCUT2D eigenvalue weighted by molar-refractivity contribution is -0.0313. The first-order chi connectivity index (χ1) is 37.2. The molecule has 1 aromatic carbocycles. The first-order valence-electron chi connectivity index (χ1n) is 27.5. The molecule has 0 saturated heterocycles. The number of benzene rings is 1. The molecule has 1 aromatic rings. The Bertz CT molecular complexity index is 1190. The van der Waals surface area contributed by atoms with Gasteiger partial charge in [0.2, 0.25) is 0 Å². The molecular weight excluding hydrogens is 985 g/mol. The molecule has 0 bridgehead atoms. The average Bonchev–Trinajstić information content (AvgIpc) is 3.41. The highest BCUT2D eigenvalue weighted by Gasteiger charge is 2.02. The highest BCUT2D eigenvalue weighted by atomic mass is 16.6. The van der Waals surface area contributed by atoms with Crippen molar-refractivity contribution >= 4 is 0 Å². The Morgan fingerprint density at radius 1 is 0.267 bits per heavy atom. The topological polar surface area (TPSA) is 205 Å². The Morgan fingerprint density at radius 3 is 0.693 bits per heavy atom. The summed E-state index contributed by atoms with van der Waals surface area (Å²) in [6.45, 7) is 23.8. The van der Waals surface area contributed by atoms with Gasteiger partial charge in [-0.15, -0.1) is 0 Å². The summed E-state index contributed by atoms with van der Waals surface area (Å²) in [5, 5.41) is 8.61. The molecule has 0 fully saturated rings. The van der Waals surface area contributed by atoms with Crippen LogP contribution in [0.25, 0.3) is 0 Å². The molecule has 0 radical (unpaired) electrons. The fourth-order valence-electron chi connectivity index (χ4n) is 6.15. The van der Waals surface area contributed by atoms with Crippen molar-refractivity contribution in [1.29, 1.82) is 0 Å². The van der Waals surface area contributed by atoms with Crippen LogP contribution < -0.4 is 4.74 Å². The Kier molecular flexibility index (Phi) is 59.9. The number of aliphatic hydroxyl groups is 1. The lowest BCUT2D eigenvalue weighted by Crippen LogP contribution is -2.16. The molecule has 0 aliphatic carbocycles. The SMILES string of the molecule is CC(C)CCCCCc1ccc(OCCOCCOCCOCCOCCOCCOCCOCCOCCOCCOCCOCCOCCOCCOCCOCCOCCOCCOCCOCCO)cc1. The molecule has 75 heavy (non-hydrogen) atoms. The van der Waals surface area contributed by atoms with Gasteiger partial charge in [-0.2, -0.15) is 0 Å². The van der Waals surface area contributed by atoms with Gasteiger partial charge in [0.25, 0.3) is 0 Å². The van der Waals surface area contributed by atoms with Crippen LogP contribution >= 0.6 is 0 Å². The zero-order chi connectivity index (χ0) is 53.5. The number of rotatable bonds is 66. The lowest BCUT2D eigenvalue weighted by Gasteiger charge is -2.09. The van der Waals surface area contributed by atoms with E-state index in [0.29, 0.717) is 258 Å². The second-order valence-corrected chi connectivity index (χ2v) is 16.8. The summed E-state index contributed by atoms with van der Waals surface area (Å²) >= 11 is 0. The second-order valence-electron chi connectivity index (χ2n) is 16.8. The maximum absolute atomic E-state index is 8.61. The fourth-order valence-corrected chi connectivity index (χ4v) is 6.15. The first kappa shape index (κ1) is 71.2. The normalized spacial score (nSPS) is 11.7. The highest BCUT2D eigenvalue weighted by Crippen LogP contribution is 2.15. The van der Waals surface area contributed by atoms with E-state index in [-0.39, 0.29) is 6.61 Å². The van der Waals surface area contributed by atoms with E-state index in [0.717, 1.165) is 18.1 Å². The van der Waals surface area contributed by atoms with Crippen LogP contribution in [-0.2, 0) is 96.4 Å². The van der Waals surface area contributed by atoms with Gasteiger partial charge in [0.1, 0.15) is 12.4 Å². The van der Waals surface area contributed by atoms with Crippen molar-refractivity contribution in [2.24, 2.45) is 5.92 Å². The molecule has 0 heterocycles. The van der Waals surface area contributed by atoms with Crippen LogP contribution in [-0.4, -0.2) is 269 Å². The summed E-state index contributed by atoms with van der Waals surface area (Å²) in [7, 11) is 0. The molecule has 0 spiro atoms. The summed E-state index contributed by atoms with van der Waals surface area (Å²) < 4.78 is 110. The van der Waals surface area contributed by atoms with Crippen LogP contribution in [0.5, 0.6) is 5.75 Å². The Hall–Kier alpha value is -1.78. The first-order valence-corrected chi connectivity index (χ1v) is 27.5. The molecule has 1 N–H and O–H groups in total. The van der Waals surface area contributed by atoms with Crippen molar-refractivity contribution in [3.8, 4) is 5.75 Å². The molecule has 21 heteroatoms. The average molecular weight is 1090 g/mol. The highest BCUT2D eigenvalue weighted by molar-refractivity contribution is 5.27. The van der Waals surface area contributed by atoms with E-state index in [4.69, 9.17) is 99.8 Å². The van der Waals surface area contributed by atoms with Crippen molar-refractivity contribution in [1.82, 2.24) is 0 Å². The van der Waals surface area contributed by atoms with Gasteiger partial charge in [-0.1, -0.05) is 45.2 Å². The van der Waals surface area contributed by atoms with Crippen LogP contribution in [0.15, 0.2) is 24.3 Å². The number of hydrogen-bond donors (Lipinski definition) is 1. The van der Waals surface area contributed by atoms with E-state index in [2.05, 4.69) is 26.0 Å². The molecule has 0 atom stereocenters. The quantitative estimate of drug-likeness (QED) is 0.0911. The van der Waals surface area contributed by atoms with E-state index in [9.17, 15) is 0 Å². The summed E-state index contributed by atoms with van der Waals surface area (Å²) in [5.74, 6) is 1.67. The fraction of sp³-hybridized carbons (Fsp3) is 0.889. The van der Waals surface area contributed by atoms with Crippen molar-refractivity contribution in [2.45, 2.75) is 46.0 Å². The van der Waals surface area contributed by atoms with Crippen LogP contribution in [0, 0.1) is 5.92 Å². The molecule has 0 unspecified atom stereocenters. The molecule has 1 rings (SSSR count). The van der Waals surface area contributed by atoms with Crippen molar-refractivity contribution in [3.05, 3.63) is 29.8 Å². The summed E-state index contributed by atoms with van der Waals surface area (Å²) in [5.41, 5.74) is 1.37. The minimum absolute atomic E-state index is 0.0195. The molecule has 21 nitrogen and oxygen atoms in total. The predicted octanol–water partition coefficient (Wildman–Crippen LogP) is 4.13. The van der Waals surface area contributed by atoms with Crippen molar-refractivity contribution in [3.63, 3.8) is 0 Å². The van der Waals surface area contributed by atoms with Gasteiger partial charge in [0, 0.05) is 0 Å². The Balaban J connectivity index is 1.62. The van der Waals surface area contributed by atoms with Crippen molar-refractivity contribution < 1.29 is 99.8 Å². The second kappa shape index (κ2) is 63.1. The van der Waals surface area contributed by atoms with Gasteiger partial charge in [0.05, 0.1) is 258 Å². The standard InChI is InChI=1S/C54H102O21/c1-52(2)6-4-3-5-7-53-8-10-54(11-9-53)75-51-50-74-49-48-73-47-46-72-45-44-71-43-42-70-41-40-69-39-38-68-37-36-67-35-34-66-33-32-65-31-30-64-29-28-63-27-26-62-25-24-61-23-22-60-21-20-59-19-18-58-17-16-57-15-14-56-13-12-55/h8-11,52,55H,3-7,12-51H2,1-2H3. The molecule has 0 amide bonds. The number of ether oxygens (including phenoxy) is 20. The molecule has 0 aromatic heterocycles. The van der Waals surface area contributed by atoms with E-state index < -0.39 is 0 Å². The van der Waals surface area contributed by atoms with Gasteiger partial charge in [-0.25, -0.2) is 0 Å². The third kappa shape index (κ3) is 59.7. The lowest BCUT2D eigenvalue weighted by atomic mass is 10.0. The third-order valence-corrected chi connectivity index (χ3v) is 10.1. The Labute approximate surface area is 450 Å². The number of aryl methyl sites for hydroxylation is 1. The maximum atomic E-state index is 8.61. The van der Waals surface area contributed by atoms with E-state index in [1.807, 2.05) is 12.1 Å². The zero-order valence-electron chi connectivity index (χ0n) is 46.3. The van der Waals surface area contributed by atoms with Gasteiger partial charge < -0.3 is 99.8 Å². The van der Waals surface area contributed by atoms with Gasteiger partial charge in [-0.3, -0.25) is 0 Å². The zero-order valence-corrected chi connectivity index (χ0v) is 46.3. The third-order valence-electron chi connectivity index (χ3n) is 10.1. The largest absolute Gasteiger partial charge is 0.491 e. The van der Waals surface area contributed by atoms with Crippen molar-refractivity contribution in [2.75, 3.05) is 264 Å². The van der Waals surface area contributed by atoms with Crippen LogP contribution in [0.4, 0.5) is 0 Å². The van der Waals surface area contributed by atoms with E-state index >= 15 is 0 Å². The monoisotopic (exact) mass is 1090 g/mol. The van der Waals surface area contributed by atoms with E-state index in [1.165, 1.54) is 31.2 Å². The summed E-state index contributed by atoms with van der Waals surface area (Å²) in [6, 6.07) is 8.41. The minimum atomic E-state index is 0.0195. The number of unbranched alkanes of at least 4 members (excludes halogenated alkanes) is 2. The molecule has 0 saturated carbocycles. The Morgan fingerprint density at radius 2 is 0.480 bits per heavy atom. The maximum Gasteiger partial charge on any atom is 0.119 e. The van der Waals surface area contributed by atoms with Crippen LogP contribution in [0.1, 0.15) is 45.1 Å². The number of hydrogen-bond acceptors (Lipinski definition) is 21. The molecule has 0 aliphatic heterocycles. The molecular formula is C54H102O21. The smallest absolute Gasteiger partial charge is 0.119 e. The van der Waals surface area contributed by atoms with Gasteiger partial charge in [-0.05, 0) is 36.5 Å². The van der Waals surface area contributed by atoms with Gasteiger partial charge >= 0.3 is 0 Å². The summed E-state index contributed by atoms with van der Waals surface area (Å²) in [4.78, 5) is 0. The summed E-state index contributed by atoms with van der Waals surface area (Å²) in [6.07, 6.45) is 6.31.